The molecule has 1 aliphatic carbocycles. The van der Waals surface area contributed by atoms with Crippen molar-refractivity contribution >= 4 is 17.7 Å². The maximum atomic E-state index is 11.9. The molecule has 1 aromatic carbocycles. The van der Waals surface area contributed by atoms with Gasteiger partial charge >= 0.3 is 12.0 Å². The van der Waals surface area contributed by atoms with Crippen LogP contribution in [0.2, 0.25) is 0 Å². The summed E-state index contributed by atoms with van der Waals surface area (Å²) in [6.07, 6.45) is 1.81. The van der Waals surface area contributed by atoms with Crippen molar-refractivity contribution in [3.05, 3.63) is 24.3 Å². The van der Waals surface area contributed by atoms with Crippen LogP contribution in [0.4, 0.5) is 10.5 Å². The van der Waals surface area contributed by atoms with E-state index in [-0.39, 0.29) is 18.0 Å². The number of amides is 2. The van der Waals surface area contributed by atoms with Gasteiger partial charge in [-0.3, -0.25) is 4.79 Å². The van der Waals surface area contributed by atoms with Gasteiger partial charge in [-0.1, -0.05) is 0 Å². The summed E-state index contributed by atoms with van der Waals surface area (Å²) in [7, 11) is 0. The average Bonchev–Trinajstić information content (AvgIpc) is 2.90. The monoisotopic (exact) mass is 292 g/mol. The lowest BCUT2D eigenvalue weighted by Crippen LogP contribution is -2.36. The third kappa shape index (κ3) is 4.37. The van der Waals surface area contributed by atoms with Crippen molar-refractivity contribution < 1.29 is 19.4 Å². The first kappa shape index (κ1) is 15.2. The minimum absolute atomic E-state index is 0.0752. The Kier molecular flexibility index (Phi) is 5.03. The fraction of sp³-hybridized carbons (Fsp3) is 0.467. The summed E-state index contributed by atoms with van der Waals surface area (Å²) >= 11 is 0. The summed E-state index contributed by atoms with van der Waals surface area (Å²) in [5.74, 6) is -0.379. The molecule has 3 N–H and O–H groups in total. The summed E-state index contributed by atoms with van der Waals surface area (Å²) in [6, 6.07) is 6.71. The molecule has 2 atom stereocenters. The molecule has 1 fully saturated rings. The zero-order valence-corrected chi connectivity index (χ0v) is 12.0. The second-order valence-electron chi connectivity index (χ2n) is 5.10. The molecule has 6 nitrogen and oxygen atoms in total. The Morgan fingerprint density at radius 3 is 2.57 bits per heavy atom. The van der Waals surface area contributed by atoms with E-state index in [9.17, 15) is 9.59 Å². The summed E-state index contributed by atoms with van der Waals surface area (Å²) in [5.41, 5.74) is 0.670. The molecular weight excluding hydrogens is 272 g/mol. The first-order valence-corrected chi connectivity index (χ1v) is 7.11. The molecule has 0 saturated heterocycles. The largest absolute Gasteiger partial charge is 0.494 e. The van der Waals surface area contributed by atoms with Gasteiger partial charge in [0.1, 0.15) is 5.75 Å². The highest BCUT2D eigenvalue weighted by Crippen LogP contribution is 2.25. The Morgan fingerprint density at radius 1 is 1.29 bits per heavy atom. The summed E-state index contributed by atoms with van der Waals surface area (Å²) in [5, 5.41) is 14.5. The molecule has 0 bridgehead atoms. The van der Waals surface area contributed by atoms with E-state index in [2.05, 4.69) is 10.6 Å². The van der Waals surface area contributed by atoms with Crippen LogP contribution in [0.25, 0.3) is 0 Å². The number of carbonyl (C=O) groups excluding carboxylic acids is 1. The van der Waals surface area contributed by atoms with Crippen LogP contribution in [0.15, 0.2) is 24.3 Å². The molecule has 2 amide bonds. The molecular formula is C15H20N2O4. The molecule has 0 unspecified atom stereocenters. The topological polar surface area (TPSA) is 87.7 Å². The van der Waals surface area contributed by atoms with E-state index in [4.69, 9.17) is 9.84 Å². The number of carboxylic acids is 1. The van der Waals surface area contributed by atoms with Gasteiger partial charge in [0.2, 0.25) is 0 Å². The van der Waals surface area contributed by atoms with Gasteiger partial charge in [0, 0.05) is 11.7 Å². The number of carbonyl (C=O) groups is 2. The average molecular weight is 292 g/mol. The fourth-order valence-electron chi connectivity index (χ4n) is 2.49. The van der Waals surface area contributed by atoms with Crippen LogP contribution in [-0.4, -0.2) is 29.8 Å². The normalized spacial score (nSPS) is 20.8. The lowest BCUT2D eigenvalue weighted by molar-refractivity contribution is -0.141. The smallest absolute Gasteiger partial charge is 0.319 e. The van der Waals surface area contributed by atoms with Gasteiger partial charge in [-0.15, -0.1) is 0 Å². The SMILES string of the molecule is CCOc1ccc(NC(=O)N[C@H]2CC[C@@H](C(=O)O)C2)cc1. The van der Waals surface area contributed by atoms with Crippen molar-refractivity contribution in [1.29, 1.82) is 0 Å². The molecule has 2 rings (SSSR count). The summed E-state index contributed by atoms with van der Waals surface area (Å²) in [6.45, 7) is 2.51. The quantitative estimate of drug-likeness (QED) is 0.778. The molecule has 1 aliphatic rings. The maximum Gasteiger partial charge on any atom is 0.319 e. The molecule has 0 radical (unpaired) electrons. The van der Waals surface area contributed by atoms with Gasteiger partial charge < -0.3 is 20.5 Å². The number of carboxylic acid groups (broad SMARTS) is 1. The number of urea groups is 1. The minimum Gasteiger partial charge on any atom is -0.494 e. The van der Waals surface area contributed by atoms with E-state index < -0.39 is 5.97 Å². The number of ether oxygens (including phenoxy) is 1. The second kappa shape index (κ2) is 6.97. The van der Waals surface area contributed by atoms with E-state index in [1.807, 2.05) is 6.92 Å². The zero-order valence-electron chi connectivity index (χ0n) is 12.0. The highest BCUT2D eigenvalue weighted by molar-refractivity contribution is 5.89. The maximum absolute atomic E-state index is 11.9. The molecule has 0 aliphatic heterocycles. The van der Waals surface area contributed by atoms with Crippen molar-refractivity contribution in [3.8, 4) is 5.75 Å². The van der Waals surface area contributed by atoms with Crippen molar-refractivity contribution in [2.75, 3.05) is 11.9 Å². The Hall–Kier alpha value is -2.24. The highest BCUT2D eigenvalue weighted by atomic mass is 16.5. The first-order chi connectivity index (χ1) is 10.1. The van der Waals surface area contributed by atoms with Gasteiger partial charge in [-0.25, -0.2) is 4.79 Å². The van der Waals surface area contributed by atoms with Crippen molar-refractivity contribution in [2.24, 2.45) is 5.92 Å². The number of benzene rings is 1. The van der Waals surface area contributed by atoms with E-state index >= 15 is 0 Å². The van der Waals surface area contributed by atoms with Crippen molar-refractivity contribution in [1.82, 2.24) is 5.32 Å². The van der Waals surface area contributed by atoms with Gasteiger partial charge in [0.05, 0.1) is 12.5 Å². The number of hydrogen-bond donors (Lipinski definition) is 3. The fourth-order valence-corrected chi connectivity index (χ4v) is 2.49. The van der Waals surface area contributed by atoms with Crippen molar-refractivity contribution in [2.45, 2.75) is 32.2 Å². The van der Waals surface area contributed by atoms with E-state index in [0.717, 1.165) is 5.75 Å². The van der Waals surface area contributed by atoms with E-state index in [1.165, 1.54) is 0 Å². The lowest BCUT2D eigenvalue weighted by atomic mass is 10.1. The van der Waals surface area contributed by atoms with Crippen LogP contribution in [-0.2, 0) is 4.79 Å². The molecule has 1 aromatic rings. The standard InChI is InChI=1S/C15H20N2O4/c1-2-21-13-7-5-11(6-8-13)16-15(20)17-12-4-3-10(9-12)14(18)19/h5-8,10,12H,2-4,9H2,1H3,(H,18,19)(H2,16,17,20)/t10-,12+/m1/s1. The second-order valence-corrected chi connectivity index (χ2v) is 5.10. The van der Waals surface area contributed by atoms with Gasteiger partial charge in [-0.05, 0) is 50.5 Å². The molecule has 1 saturated carbocycles. The predicted molar refractivity (Wildman–Crippen MR) is 78.5 cm³/mol. The number of aliphatic carboxylic acids is 1. The van der Waals surface area contributed by atoms with Crippen molar-refractivity contribution in [3.63, 3.8) is 0 Å². The third-order valence-corrected chi connectivity index (χ3v) is 3.54. The van der Waals surface area contributed by atoms with E-state index in [1.54, 1.807) is 24.3 Å². The number of nitrogens with one attached hydrogen (secondary N) is 2. The molecule has 21 heavy (non-hydrogen) atoms. The number of rotatable bonds is 5. The lowest BCUT2D eigenvalue weighted by Gasteiger charge is -2.13. The van der Waals surface area contributed by atoms with Crippen LogP contribution in [0.3, 0.4) is 0 Å². The number of anilines is 1. The summed E-state index contributed by atoms with van der Waals surface area (Å²) in [4.78, 5) is 22.7. The third-order valence-electron chi connectivity index (χ3n) is 3.54. The zero-order chi connectivity index (χ0) is 15.2. The molecule has 6 heteroatoms. The first-order valence-electron chi connectivity index (χ1n) is 7.11. The van der Waals surface area contributed by atoms with Crippen LogP contribution >= 0.6 is 0 Å². The van der Waals surface area contributed by atoms with Gasteiger partial charge in [0.15, 0.2) is 0 Å². The Labute approximate surface area is 123 Å². The van der Waals surface area contributed by atoms with Crippen LogP contribution in [0, 0.1) is 5.92 Å². The minimum atomic E-state index is -0.786. The molecule has 0 spiro atoms. The molecule has 114 valence electrons. The van der Waals surface area contributed by atoms with Gasteiger partial charge in [0.25, 0.3) is 0 Å². The molecule has 0 heterocycles. The Bertz CT molecular complexity index is 501. The highest BCUT2D eigenvalue weighted by Gasteiger charge is 2.30. The van der Waals surface area contributed by atoms with Crippen LogP contribution in [0.5, 0.6) is 5.75 Å². The van der Waals surface area contributed by atoms with Crippen LogP contribution in [0.1, 0.15) is 26.2 Å². The Balaban J connectivity index is 1.80. The Morgan fingerprint density at radius 2 is 2.00 bits per heavy atom. The molecule has 0 aromatic heterocycles. The van der Waals surface area contributed by atoms with Crippen LogP contribution < -0.4 is 15.4 Å². The number of hydrogen-bond acceptors (Lipinski definition) is 3. The predicted octanol–water partition coefficient (Wildman–Crippen LogP) is 2.46. The van der Waals surface area contributed by atoms with E-state index in [0.29, 0.717) is 31.6 Å². The van der Waals surface area contributed by atoms with Gasteiger partial charge in [-0.2, -0.15) is 0 Å². The summed E-state index contributed by atoms with van der Waals surface area (Å²) < 4.78 is 5.32.